The number of ether oxygens (including phenoxy) is 1. The third-order valence-electron chi connectivity index (χ3n) is 4.89. The molecule has 4 rings (SSSR count). The Kier molecular flexibility index (Phi) is 5.54. The molecule has 0 spiro atoms. The van der Waals surface area contributed by atoms with E-state index in [0.29, 0.717) is 24.8 Å². The molecule has 1 fully saturated rings. The molecule has 0 aliphatic carbocycles. The predicted octanol–water partition coefficient (Wildman–Crippen LogP) is 3.57. The van der Waals surface area contributed by atoms with E-state index in [0.717, 1.165) is 28.6 Å². The Morgan fingerprint density at radius 2 is 1.89 bits per heavy atom. The Morgan fingerprint density at radius 1 is 1.14 bits per heavy atom. The van der Waals surface area contributed by atoms with E-state index in [9.17, 15) is 4.79 Å². The summed E-state index contributed by atoms with van der Waals surface area (Å²) in [5.74, 6) is 0.659. The second-order valence-corrected chi connectivity index (χ2v) is 7.70. The first kappa shape index (κ1) is 18.8. The molecule has 3 aromatic rings. The zero-order chi connectivity index (χ0) is 19.5. The normalized spacial score (nSPS) is 17.4. The van der Waals surface area contributed by atoms with Crippen molar-refractivity contribution in [2.75, 3.05) is 24.6 Å². The number of nitrogens with zero attached hydrogens (tertiary/aromatic N) is 4. The highest BCUT2D eigenvalue weighted by molar-refractivity contribution is 9.10. The van der Waals surface area contributed by atoms with Gasteiger partial charge in [0.15, 0.2) is 0 Å². The third-order valence-corrected chi connectivity index (χ3v) is 5.42. The predicted molar refractivity (Wildman–Crippen MR) is 112 cm³/mol. The van der Waals surface area contributed by atoms with Crippen molar-refractivity contribution in [3.63, 3.8) is 0 Å². The molecular formula is C21H21BrN4O2. The Balaban J connectivity index is 1.69. The van der Waals surface area contributed by atoms with Crippen LogP contribution in [0.2, 0.25) is 0 Å². The van der Waals surface area contributed by atoms with Gasteiger partial charge in [0.05, 0.1) is 12.2 Å². The summed E-state index contributed by atoms with van der Waals surface area (Å²) in [6.07, 6.45) is 4.22. The fourth-order valence-corrected chi connectivity index (χ4v) is 3.63. The van der Waals surface area contributed by atoms with Crippen LogP contribution < -0.4 is 10.5 Å². The van der Waals surface area contributed by atoms with E-state index in [1.165, 1.54) is 0 Å². The molecule has 1 aliphatic rings. The molecule has 0 bridgehead atoms. The van der Waals surface area contributed by atoms with Crippen molar-refractivity contribution < 1.29 is 4.74 Å². The number of aromatic nitrogens is 3. The van der Waals surface area contributed by atoms with Gasteiger partial charge in [-0.1, -0.05) is 28.1 Å². The summed E-state index contributed by atoms with van der Waals surface area (Å²) in [5, 5.41) is 0. The number of rotatable bonds is 3. The van der Waals surface area contributed by atoms with Gasteiger partial charge in [0.2, 0.25) is 5.95 Å². The number of halogens is 1. The molecule has 144 valence electrons. The summed E-state index contributed by atoms with van der Waals surface area (Å²) < 4.78 is 8.73. The fraction of sp³-hybridized carbons (Fsp3) is 0.286. The second kappa shape index (κ2) is 8.24. The molecular weight excluding hydrogens is 420 g/mol. The molecule has 1 aliphatic heterocycles. The lowest BCUT2D eigenvalue weighted by Crippen LogP contribution is -2.34. The lowest BCUT2D eigenvalue weighted by Gasteiger charge is -2.26. The lowest BCUT2D eigenvalue weighted by atomic mass is 10.1. The molecule has 0 N–H and O–H groups in total. The molecule has 28 heavy (non-hydrogen) atoms. The molecule has 1 unspecified atom stereocenters. The van der Waals surface area contributed by atoms with E-state index >= 15 is 0 Å². The minimum absolute atomic E-state index is 0.0721. The topological polar surface area (TPSA) is 60.2 Å². The molecule has 0 saturated carbocycles. The van der Waals surface area contributed by atoms with Gasteiger partial charge >= 0.3 is 0 Å². The highest BCUT2D eigenvalue weighted by Gasteiger charge is 2.23. The maximum Gasteiger partial charge on any atom is 0.255 e. The van der Waals surface area contributed by atoms with Crippen LogP contribution in [-0.4, -0.2) is 34.2 Å². The van der Waals surface area contributed by atoms with Crippen molar-refractivity contribution in [3.05, 3.63) is 75.2 Å². The monoisotopic (exact) mass is 440 g/mol. The van der Waals surface area contributed by atoms with Crippen molar-refractivity contribution in [3.8, 4) is 11.3 Å². The molecule has 2 aromatic heterocycles. The van der Waals surface area contributed by atoms with Crippen molar-refractivity contribution >= 4 is 21.9 Å². The largest absolute Gasteiger partial charge is 0.372 e. The molecule has 1 aromatic carbocycles. The minimum Gasteiger partial charge on any atom is -0.372 e. The van der Waals surface area contributed by atoms with Crippen LogP contribution in [0.5, 0.6) is 0 Å². The van der Waals surface area contributed by atoms with Crippen LogP contribution in [0, 0.1) is 0 Å². The summed E-state index contributed by atoms with van der Waals surface area (Å²) >= 11 is 3.48. The smallest absolute Gasteiger partial charge is 0.255 e. The number of pyridine rings is 1. The fourth-order valence-electron chi connectivity index (χ4n) is 3.37. The number of benzene rings is 1. The van der Waals surface area contributed by atoms with Crippen LogP contribution in [-0.2, 0) is 11.8 Å². The van der Waals surface area contributed by atoms with Gasteiger partial charge in [0, 0.05) is 48.7 Å². The third kappa shape index (κ3) is 4.00. The molecule has 1 saturated heterocycles. The van der Waals surface area contributed by atoms with Crippen LogP contribution in [0.4, 0.5) is 5.95 Å². The van der Waals surface area contributed by atoms with E-state index in [1.54, 1.807) is 30.1 Å². The number of anilines is 1. The van der Waals surface area contributed by atoms with Crippen LogP contribution in [0.25, 0.3) is 11.3 Å². The highest BCUT2D eigenvalue weighted by atomic mass is 79.9. The van der Waals surface area contributed by atoms with E-state index in [2.05, 4.69) is 37.9 Å². The molecule has 0 radical (unpaired) electrons. The van der Waals surface area contributed by atoms with E-state index < -0.39 is 0 Å². The second-order valence-electron chi connectivity index (χ2n) is 6.79. The van der Waals surface area contributed by atoms with Gasteiger partial charge in [-0.2, -0.15) is 0 Å². The average Bonchev–Trinajstić information content (AvgIpc) is 2.97. The van der Waals surface area contributed by atoms with Crippen LogP contribution in [0.1, 0.15) is 18.1 Å². The van der Waals surface area contributed by atoms with Gasteiger partial charge in [-0.15, -0.1) is 0 Å². The summed E-state index contributed by atoms with van der Waals surface area (Å²) in [6, 6.07) is 13.5. The molecule has 7 heteroatoms. The van der Waals surface area contributed by atoms with Crippen molar-refractivity contribution in [2.45, 2.75) is 12.5 Å². The van der Waals surface area contributed by atoms with Crippen molar-refractivity contribution in [1.82, 2.24) is 14.5 Å². The zero-order valence-electron chi connectivity index (χ0n) is 15.6. The zero-order valence-corrected chi connectivity index (χ0v) is 17.2. The molecule has 3 heterocycles. The number of hydrogen-bond acceptors (Lipinski definition) is 5. The maximum absolute atomic E-state index is 12.6. The van der Waals surface area contributed by atoms with Gasteiger partial charge < -0.3 is 9.64 Å². The van der Waals surface area contributed by atoms with Gasteiger partial charge in [-0.05, 0) is 36.2 Å². The molecule has 6 nitrogen and oxygen atoms in total. The lowest BCUT2D eigenvalue weighted by molar-refractivity contribution is 0.0685. The maximum atomic E-state index is 12.6. The first-order valence-electron chi connectivity index (χ1n) is 9.22. The van der Waals surface area contributed by atoms with E-state index in [4.69, 9.17) is 9.72 Å². The SMILES string of the molecule is Cn1c(N2CCCOC(c3ccc(Br)cc3)C2)nc(-c2ccncc2)cc1=O. The first-order valence-corrected chi connectivity index (χ1v) is 10.0. The van der Waals surface area contributed by atoms with Crippen LogP contribution in [0.15, 0.2) is 64.1 Å². The summed E-state index contributed by atoms with van der Waals surface area (Å²) in [4.78, 5) is 23.6. The quantitative estimate of drug-likeness (QED) is 0.622. The molecule has 1 atom stereocenters. The van der Waals surface area contributed by atoms with Crippen LogP contribution in [0.3, 0.4) is 0 Å². The van der Waals surface area contributed by atoms with Gasteiger partial charge in [-0.3, -0.25) is 14.3 Å². The minimum atomic E-state index is -0.0813. The van der Waals surface area contributed by atoms with E-state index in [-0.39, 0.29) is 11.7 Å². The summed E-state index contributed by atoms with van der Waals surface area (Å²) in [6.45, 7) is 2.10. The Hall–Kier alpha value is -2.51. The average molecular weight is 441 g/mol. The standard InChI is InChI=1S/C21H21BrN4O2/c1-25-20(27)13-18(15-7-9-23-10-8-15)24-21(25)26-11-2-12-28-19(14-26)16-3-5-17(22)6-4-16/h3-10,13,19H,2,11-12,14H2,1H3. The highest BCUT2D eigenvalue weighted by Crippen LogP contribution is 2.26. The van der Waals surface area contributed by atoms with Crippen molar-refractivity contribution in [2.24, 2.45) is 7.05 Å². The van der Waals surface area contributed by atoms with Gasteiger partial charge in [0.25, 0.3) is 5.56 Å². The van der Waals surface area contributed by atoms with Gasteiger partial charge in [0.1, 0.15) is 6.10 Å². The van der Waals surface area contributed by atoms with Crippen molar-refractivity contribution in [1.29, 1.82) is 0 Å². The van der Waals surface area contributed by atoms with Gasteiger partial charge in [-0.25, -0.2) is 4.98 Å². The Morgan fingerprint density at radius 3 is 2.64 bits per heavy atom. The first-order chi connectivity index (χ1) is 13.6. The summed E-state index contributed by atoms with van der Waals surface area (Å²) in [7, 11) is 1.77. The Labute approximate surface area is 172 Å². The Bertz CT molecular complexity index is 1010. The molecule has 0 amide bonds. The van der Waals surface area contributed by atoms with E-state index in [1.807, 2.05) is 24.3 Å². The number of hydrogen-bond donors (Lipinski definition) is 0. The summed E-state index contributed by atoms with van der Waals surface area (Å²) in [5.41, 5.74) is 2.57. The van der Waals surface area contributed by atoms with Crippen LogP contribution >= 0.6 is 15.9 Å².